The van der Waals surface area contributed by atoms with Gasteiger partial charge in [-0.3, -0.25) is 4.79 Å². The zero-order chi connectivity index (χ0) is 16.7. The zero-order valence-corrected chi connectivity index (χ0v) is 13.7. The van der Waals surface area contributed by atoms with Gasteiger partial charge in [-0.15, -0.1) is 0 Å². The average molecular weight is 333 g/mol. The van der Waals surface area contributed by atoms with Crippen LogP contribution < -0.4 is 9.46 Å². The van der Waals surface area contributed by atoms with Crippen LogP contribution in [0.2, 0.25) is 0 Å². The number of hydrogen-bond donors (Lipinski definition) is 1. The highest BCUT2D eigenvalue weighted by Crippen LogP contribution is 2.11. The number of hydrogen-bond acceptors (Lipinski definition) is 4. The molecule has 0 aliphatic rings. The molecule has 5 nitrogen and oxygen atoms in total. The Bertz CT molecular complexity index is 740. The molecule has 2 aromatic carbocycles. The Morgan fingerprint density at radius 1 is 1.04 bits per heavy atom. The van der Waals surface area contributed by atoms with E-state index in [1.54, 1.807) is 12.1 Å². The quantitative estimate of drug-likeness (QED) is 0.622. The van der Waals surface area contributed by atoms with E-state index in [1.807, 2.05) is 49.4 Å². The maximum Gasteiger partial charge on any atom is 0.326 e. The van der Waals surface area contributed by atoms with Crippen molar-refractivity contribution in [1.29, 1.82) is 0 Å². The highest BCUT2D eigenvalue weighted by molar-refractivity contribution is 7.89. The molecular formula is C17H19NO4S. The Kier molecular flexibility index (Phi) is 5.90. The van der Waals surface area contributed by atoms with Gasteiger partial charge < -0.3 is 4.74 Å². The van der Waals surface area contributed by atoms with Crippen molar-refractivity contribution < 1.29 is 17.9 Å². The van der Waals surface area contributed by atoms with E-state index >= 15 is 0 Å². The number of sulfonamides is 1. The number of carbonyl (C=O) groups is 1. The Balaban J connectivity index is 1.79. The fourth-order valence-corrected chi connectivity index (χ4v) is 2.90. The zero-order valence-electron chi connectivity index (χ0n) is 12.9. The van der Waals surface area contributed by atoms with E-state index in [1.165, 1.54) is 0 Å². The van der Waals surface area contributed by atoms with Crippen molar-refractivity contribution in [3.63, 3.8) is 0 Å². The van der Waals surface area contributed by atoms with Crippen LogP contribution in [-0.2, 0) is 21.2 Å². The number of rotatable bonds is 7. The third-order valence-corrected chi connectivity index (χ3v) is 4.52. The summed E-state index contributed by atoms with van der Waals surface area (Å²) in [5.41, 5.74) is 1.98. The summed E-state index contributed by atoms with van der Waals surface area (Å²) in [5, 5.41) is 0. The van der Waals surface area contributed by atoms with E-state index in [-0.39, 0.29) is 12.3 Å². The molecule has 122 valence electrons. The topological polar surface area (TPSA) is 72.5 Å². The third-order valence-electron chi connectivity index (χ3n) is 3.19. The molecule has 0 amide bonds. The fraction of sp³-hybridized carbons (Fsp3) is 0.235. The molecule has 2 rings (SSSR count). The van der Waals surface area contributed by atoms with Crippen LogP contribution in [0.15, 0.2) is 54.6 Å². The van der Waals surface area contributed by atoms with Gasteiger partial charge in [0.1, 0.15) is 12.3 Å². The summed E-state index contributed by atoms with van der Waals surface area (Å²) in [6, 6.07) is 16.3. The standard InChI is InChI=1S/C17H19NO4S/c1-14-7-9-16(10-8-14)22-17(19)13-18-23(20,21)12-11-15-5-3-2-4-6-15/h2-10,18H,11-13H2,1H3. The number of nitrogens with one attached hydrogen (secondary N) is 1. The SMILES string of the molecule is Cc1ccc(OC(=O)CNS(=O)(=O)CCc2ccccc2)cc1. The predicted octanol–water partition coefficient (Wildman–Crippen LogP) is 2.06. The molecule has 0 bridgehead atoms. The van der Waals surface area contributed by atoms with E-state index < -0.39 is 16.0 Å². The van der Waals surface area contributed by atoms with Gasteiger partial charge in [0, 0.05) is 0 Å². The lowest BCUT2D eigenvalue weighted by molar-refractivity contribution is -0.133. The molecule has 0 aromatic heterocycles. The number of aryl methyl sites for hydroxylation is 2. The van der Waals surface area contributed by atoms with Crippen LogP contribution in [0, 0.1) is 6.92 Å². The van der Waals surface area contributed by atoms with E-state index in [9.17, 15) is 13.2 Å². The van der Waals surface area contributed by atoms with Crippen molar-refractivity contribution in [2.45, 2.75) is 13.3 Å². The Morgan fingerprint density at radius 2 is 1.70 bits per heavy atom. The Labute approximate surface area is 136 Å². The number of carbonyl (C=O) groups excluding carboxylic acids is 1. The molecular weight excluding hydrogens is 314 g/mol. The number of benzene rings is 2. The molecule has 0 fully saturated rings. The molecule has 0 aliphatic carbocycles. The molecule has 0 heterocycles. The minimum atomic E-state index is -3.52. The normalized spacial score (nSPS) is 11.2. The fourth-order valence-electron chi connectivity index (χ4n) is 1.91. The minimum Gasteiger partial charge on any atom is -0.426 e. The maximum atomic E-state index is 11.9. The summed E-state index contributed by atoms with van der Waals surface area (Å²) in [4.78, 5) is 11.7. The lowest BCUT2D eigenvalue weighted by Gasteiger charge is -2.07. The number of ether oxygens (including phenoxy) is 1. The predicted molar refractivity (Wildman–Crippen MR) is 88.7 cm³/mol. The van der Waals surface area contributed by atoms with Gasteiger partial charge in [0.2, 0.25) is 10.0 Å². The summed E-state index contributed by atoms with van der Waals surface area (Å²) in [7, 11) is -3.52. The van der Waals surface area contributed by atoms with Crippen LogP contribution in [0.4, 0.5) is 0 Å². The first-order valence-corrected chi connectivity index (χ1v) is 8.88. The van der Waals surface area contributed by atoms with Crippen molar-refractivity contribution in [2.24, 2.45) is 0 Å². The van der Waals surface area contributed by atoms with Crippen LogP contribution in [0.5, 0.6) is 5.75 Å². The highest BCUT2D eigenvalue weighted by Gasteiger charge is 2.13. The van der Waals surface area contributed by atoms with E-state index in [4.69, 9.17) is 4.74 Å². The van der Waals surface area contributed by atoms with Crippen molar-refractivity contribution in [3.8, 4) is 5.75 Å². The molecule has 0 radical (unpaired) electrons. The van der Waals surface area contributed by atoms with Gasteiger partial charge in [-0.2, -0.15) is 0 Å². The van der Waals surface area contributed by atoms with Crippen LogP contribution in [-0.4, -0.2) is 26.7 Å². The first kappa shape index (κ1) is 17.2. The molecule has 0 saturated carbocycles. The summed E-state index contributed by atoms with van der Waals surface area (Å²) >= 11 is 0. The summed E-state index contributed by atoms with van der Waals surface area (Å²) in [5.74, 6) is -0.323. The van der Waals surface area contributed by atoms with Gasteiger partial charge in [0.05, 0.1) is 5.75 Å². The van der Waals surface area contributed by atoms with Gasteiger partial charge >= 0.3 is 5.97 Å². The molecule has 0 unspecified atom stereocenters. The lowest BCUT2D eigenvalue weighted by atomic mass is 10.2. The first-order chi connectivity index (χ1) is 10.9. The lowest BCUT2D eigenvalue weighted by Crippen LogP contribution is -2.34. The highest BCUT2D eigenvalue weighted by atomic mass is 32.2. The maximum absolute atomic E-state index is 11.9. The smallest absolute Gasteiger partial charge is 0.326 e. The molecule has 1 N–H and O–H groups in total. The van der Waals surface area contributed by atoms with E-state index in [2.05, 4.69) is 4.72 Å². The van der Waals surface area contributed by atoms with Gasteiger partial charge in [0.15, 0.2) is 0 Å². The van der Waals surface area contributed by atoms with Gasteiger partial charge in [0.25, 0.3) is 0 Å². The summed E-state index contributed by atoms with van der Waals surface area (Å²) < 4.78 is 31.1. The molecule has 23 heavy (non-hydrogen) atoms. The summed E-state index contributed by atoms with van der Waals surface area (Å²) in [6.45, 7) is 1.54. The molecule has 0 spiro atoms. The van der Waals surface area contributed by atoms with Crippen molar-refractivity contribution in [2.75, 3.05) is 12.3 Å². The van der Waals surface area contributed by atoms with Crippen molar-refractivity contribution >= 4 is 16.0 Å². The second kappa shape index (κ2) is 7.89. The third kappa shape index (κ3) is 6.22. The summed E-state index contributed by atoms with van der Waals surface area (Å²) in [6.07, 6.45) is 0.392. The molecule has 2 aromatic rings. The number of esters is 1. The van der Waals surface area contributed by atoms with Crippen LogP contribution in [0.3, 0.4) is 0 Å². The first-order valence-electron chi connectivity index (χ1n) is 7.23. The second-order valence-corrected chi connectivity index (χ2v) is 7.09. The Morgan fingerprint density at radius 3 is 2.35 bits per heavy atom. The molecule has 0 atom stereocenters. The van der Waals surface area contributed by atoms with Gasteiger partial charge in [-0.1, -0.05) is 48.0 Å². The second-order valence-electron chi connectivity index (χ2n) is 5.16. The van der Waals surface area contributed by atoms with Gasteiger partial charge in [-0.25, -0.2) is 13.1 Å². The average Bonchev–Trinajstić information content (AvgIpc) is 2.55. The largest absolute Gasteiger partial charge is 0.426 e. The van der Waals surface area contributed by atoms with Crippen LogP contribution in [0.1, 0.15) is 11.1 Å². The molecule has 0 aliphatic heterocycles. The van der Waals surface area contributed by atoms with Crippen molar-refractivity contribution in [3.05, 3.63) is 65.7 Å². The van der Waals surface area contributed by atoms with Crippen LogP contribution in [0.25, 0.3) is 0 Å². The van der Waals surface area contributed by atoms with Crippen molar-refractivity contribution in [1.82, 2.24) is 4.72 Å². The van der Waals surface area contributed by atoms with Gasteiger partial charge in [-0.05, 0) is 31.0 Å². The minimum absolute atomic E-state index is 0.0746. The van der Waals surface area contributed by atoms with E-state index in [0.717, 1.165) is 11.1 Å². The molecule has 0 saturated heterocycles. The van der Waals surface area contributed by atoms with E-state index in [0.29, 0.717) is 12.2 Å². The Hall–Kier alpha value is -2.18. The van der Waals surface area contributed by atoms with Crippen LogP contribution >= 0.6 is 0 Å². The monoisotopic (exact) mass is 333 g/mol. The molecule has 6 heteroatoms.